The number of halogens is 2. The van der Waals surface area contributed by atoms with Crippen molar-refractivity contribution in [2.45, 2.75) is 44.2 Å². The summed E-state index contributed by atoms with van der Waals surface area (Å²) in [5, 5.41) is 21.9. The first-order valence-electron chi connectivity index (χ1n) is 8.90. The van der Waals surface area contributed by atoms with E-state index in [1.165, 1.54) is 12.4 Å². The minimum atomic E-state index is -1.22. The average molecular weight is 390 g/mol. The third kappa shape index (κ3) is 2.92. The van der Waals surface area contributed by atoms with E-state index in [0.717, 1.165) is 17.1 Å². The van der Waals surface area contributed by atoms with Gasteiger partial charge >= 0.3 is 0 Å². The van der Waals surface area contributed by atoms with Gasteiger partial charge < -0.3 is 25.3 Å². The largest absolute Gasteiger partial charge is 0.487 e. The fraction of sp³-hybridized carbons (Fsp3) is 0.368. The predicted octanol–water partition coefficient (Wildman–Crippen LogP) is 1.59. The van der Waals surface area contributed by atoms with Crippen LogP contribution in [-0.4, -0.2) is 43.1 Å². The summed E-state index contributed by atoms with van der Waals surface area (Å²) >= 11 is 0. The Kier molecular flexibility index (Phi) is 4.74. The zero-order valence-corrected chi connectivity index (χ0v) is 15.1. The van der Waals surface area contributed by atoms with Gasteiger partial charge in [0.2, 0.25) is 0 Å². The highest BCUT2D eigenvalue weighted by Crippen LogP contribution is 2.37. The summed E-state index contributed by atoms with van der Waals surface area (Å²) in [4.78, 5) is 8.42. The van der Waals surface area contributed by atoms with E-state index in [4.69, 9.17) is 10.5 Å². The quantitative estimate of drug-likeness (QED) is 0.625. The molecule has 28 heavy (non-hydrogen) atoms. The molecule has 4 atom stereocenters. The van der Waals surface area contributed by atoms with Crippen molar-refractivity contribution in [1.29, 1.82) is 0 Å². The molecule has 0 spiro atoms. The SMILES string of the molecule is Cc1ncnc2c1ccn2C1CC(Oc2ccc(F)c(F)c2CN)[C@@H](O)[C@H]1O. The fourth-order valence-electron chi connectivity index (χ4n) is 3.76. The smallest absolute Gasteiger partial charge is 0.167 e. The molecule has 4 rings (SSSR count). The molecule has 1 aliphatic carbocycles. The maximum Gasteiger partial charge on any atom is 0.167 e. The number of fused-ring (bicyclic) bond motifs is 1. The lowest BCUT2D eigenvalue weighted by Crippen LogP contribution is -2.34. The lowest BCUT2D eigenvalue weighted by molar-refractivity contribution is -0.0167. The first-order chi connectivity index (χ1) is 13.4. The van der Waals surface area contributed by atoms with Gasteiger partial charge in [-0.25, -0.2) is 18.7 Å². The number of aryl methyl sites for hydroxylation is 1. The minimum absolute atomic E-state index is 0.0498. The van der Waals surface area contributed by atoms with E-state index < -0.39 is 36.0 Å². The molecule has 9 heteroatoms. The average Bonchev–Trinajstić information content (AvgIpc) is 3.22. The van der Waals surface area contributed by atoms with Gasteiger partial charge in [0, 0.05) is 30.1 Å². The van der Waals surface area contributed by atoms with Crippen LogP contribution in [0.15, 0.2) is 30.7 Å². The van der Waals surface area contributed by atoms with Gasteiger partial charge in [-0.3, -0.25) is 0 Å². The molecule has 0 radical (unpaired) electrons. The lowest BCUT2D eigenvalue weighted by atomic mass is 10.1. The van der Waals surface area contributed by atoms with Crippen LogP contribution in [0, 0.1) is 18.6 Å². The molecule has 0 amide bonds. The second-order valence-electron chi connectivity index (χ2n) is 6.90. The number of benzene rings is 1. The molecule has 1 saturated carbocycles. The number of ether oxygens (including phenoxy) is 1. The Balaban J connectivity index is 1.64. The highest BCUT2D eigenvalue weighted by atomic mass is 19.2. The highest BCUT2D eigenvalue weighted by Gasteiger charge is 2.44. The summed E-state index contributed by atoms with van der Waals surface area (Å²) in [5.41, 5.74) is 6.85. The Morgan fingerprint density at radius 2 is 2.00 bits per heavy atom. The van der Waals surface area contributed by atoms with Gasteiger partial charge in [-0.1, -0.05) is 0 Å². The second-order valence-corrected chi connectivity index (χ2v) is 6.90. The van der Waals surface area contributed by atoms with Gasteiger partial charge in [0.15, 0.2) is 11.6 Å². The predicted molar refractivity (Wildman–Crippen MR) is 96.6 cm³/mol. The van der Waals surface area contributed by atoms with Gasteiger partial charge in [0.25, 0.3) is 0 Å². The van der Waals surface area contributed by atoms with Crippen LogP contribution in [-0.2, 0) is 6.54 Å². The molecule has 3 aromatic rings. The number of rotatable bonds is 4. The summed E-state index contributed by atoms with van der Waals surface area (Å²) in [7, 11) is 0. The van der Waals surface area contributed by atoms with E-state index in [9.17, 15) is 19.0 Å². The van der Waals surface area contributed by atoms with Crippen molar-refractivity contribution in [2.24, 2.45) is 5.73 Å². The number of hydrogen-bond acceptors (Lipinski definition) is 6. The van der Waals surface area contributed by atoms with Crippen LogP contribution in [0.5, 0.6) is 5.75 Å². The standard InChI is InChI=1S/C19H20F2N4O3/c1-9-10-4-5-25(19(10)24-8-23-9)13-6-15(18(27)17(13)26)28-14-3-2-12(20)16(21)11(14)7-22/h2-5,8,13,15,17-18,26-27H,6-7,22H2,1H3/t13?,15?,17-,18+/m0/s1. The van der Waals surface area contributed by atoms with Crippen molar-refractivity contribution < 1.29 is 23.7 Å². The molecule has 2 aromatic heterocycles. The maximum atomic E-state index is 14.0. The van der Waals surface area contributed by atoms with Crippen LogP contribution in [0.1, 0.15) is 23.7 Å². The Labute approximate surface area is 159 Å². The third-order valence-electron chi connectivity index (χ3n) is 5.30. The van der Waals surface area contributed by atoms with E-state index in [0.29, 0.717) is 5.65 Å². The van der Waals surface area contributed by atoms with Crippen LogP contribution in [0.2, 0.25) is 0 Å². The summed E-state index contributed by atoms with van der Waals surface area (Å²) in [6, 6.07) is 3.56. The van der Waals surface area contributed by atoms with Crippen molar-refractivity contribution in [3.8, 4) is 5.75 Å². The first kappa shape index (κ1) is 18.7. The molecule has 1 fully saturated rings. The van der Waals surface area contributed by atoms with Crippen molar-refractivity contribution in [3.63, 3.8) is 0 Å². The molecule has 148 valence electrons. The molecule has 2 unspecified atom stereocenters. The van der Waals surface area contributed by atoms with Crippen molar-refractivity contribution in [1.82, 2.24) is 14.5 Å². The molecule has 2 heterocycles. The minimum Gasteiger partial charge on any atom is -0.487 e. The van der Waals surface area contributed by atoms with Gasteiger partial charge in [0.05, 0.1) is 11.7 Å². The van der Waals surface area contributed by atoms with E-state index in [1.54, 1.807) is 10.8 Å². The van der Waals surface area contributed by atoms with E-state index >= 15 is 0 Å². The molecule has 0 aliphatic heterocycles. The number of nitrogens with two attached hydrogens (primary N) is 1. The number of hydrogen-bond donors (Lipinski definition) is 3. The van der Waals surface area contributed by atoms with Crippen molar-refractivity contribution in [2.75, 3.05) is 0 Å². The number of nitrogens with zero attached hydrogens (tertiary/aromatic N) is 3. The van der Waals surface area contributed by atoms with Crippen molar-refractivity contribution >= 4 is 11.0 Å². The summed E-state index contributed by atoms with van der Waals surface area (Å²) in [6.45, 7) is 1.60. The Bertz CT molecular complexity index is 1030. The van der Waals surface area contributed by atoms with Gasteiger partial charge in [-0.05, 0) is 25.1 Å². The fourth-order valence-corrected chi connectivity index (χ4v) is 3.76. The molecule has 1 aromatic carbocycles. The highest BCUT2D eigenvalue weighted by molar-refractivity contribution is 5.78. The summed E-state index contributed by atoms with van der Waals surface area (Å²) < 4.78 is 34.9. The van der Waals surface area contributed by atoms with Crippen molar-refractivity contribution in [3.05, 3.63) is 53.6 Å². The third-order valence-corrected chi connectivity index (χ3v) is 5.30. The molecule has 1 aliphatic rings. The van der Waals surface area contributed by atoms with E-state index in [-0.39, 0.29) is 24.3 Å². The zero-order chi connectivity index (χ0) is 20.0. The van der Waals surface area contributed by atoms with Gasteiger partial charge in [-0.15, -0.1) is 0 Å². The summed E-state index contributed by atoms with van der Waals surface area (Å²) in [6.07, 6.45) is 0.299. The van der Waals surface area contributed by atoms with Crippen LogP contribution in [0.4, 0.5) is 8.78 Å². The van der Waals surface area contributed by atoms with Gasteiger partial charge in [-0.2, -0.15) is 0 Å². The number of aliphatic hydroxyl groups excluding tert-OH is 2. The molecule has 4 N–H and O–H groups in total. The van der Waals surface area contributed by atoms with E-state index in [1.807, 2.05) is 13.0 Å². The molecular formula is C19H20F2N4O3. The lowest BCUT2D eigenvalue weighted by Gasteiger charge is -2.20. The van der Waals surface area contributed by atoms with Gasteiger partial charge in [0.1, 0.15) is 36.0 Å². The molecule has 7 nitrogen and oxygen atoms in total. The Morgan fingerprint density at radius 3 is 2.75 bits per heavy atom. The maximum absolute atomic E-state index is 14.0. The first-order valence-corrected chi connectivity index (χ1v) is 8.90. The van der Waals surface area contributed by atoms with Crippen LogP contribution >= 0.6 is 0 Å². The summed E-state index contributed by atoms with van der Waals surface area (Å²) in [5.74, 6) is -2.05. The number of aromatic nitrogens is 3. The monoisotopic (exact) mass is 390 g/mol. The zero-order valence-electron chi connectivity index (χ0n) is 15.1. The van der Waals surface area contributed by atoms with Crippen LogP contribution in [0.25, 0.3) is 11.0 Å². The molecule has 0 bridgehead atoms. The second kappa shape index (κ2) is 7.08. The van der Waals surface area contributed by atoms with E-state index in [2.05, 4.69) is 9.97 Å². The molecule has 0 saturated heterocycles. The normalized spacial score (nSPS) is 24.8. The molecular weight excluding hydrogens is 370 g/mol. The topological polar surface area (TPSA) is 106 Å². The Morgan fingerprint density at radius 1 is 1.21 bits per heavy atom. The van der Waals surface area contributed by atoms with Crippen LogP contribution < -0.4 is 10.5 Å². The number of aliphatic hydroxyl groups is 2. The van der Waals surface area contributed by atoms with Crippen LogP contribution in [0.3, 0.4) is 0 Å². The Hall–Kier alpha value is -2.62.